The highest BCUT2D eigenvalue weighted by Gasteiger charge is 2.34. The van der Waals surface area contributed by atoms with Gasteiger partial charge >= 0.3 is 0 Å². The van der Waals surface area contributed by atoms with E-state index in [0.717, 1.165) is 19.4 Å². The molecule has 1 aromatic carbocycles. The summed E-state index contributed by atoms with van der Waals surface area (Å²) in [7, 11) is 0. The van der Waals surface area contributed by atoms with Crippen molar-refractivity contribution in [3.05, 3.63) is 33.8 Å². The molecule has 0 spiro atoms. The quantitative estimate of drug-likeness (QED) is 0.833. The molecule has 2 rings (SSSR count). The molecular formula is C14H18BrF2NO. The lowest BCUT2D eigenvalue weighted by Crippen LogP contribution is -2.45. The first-order valence-corrected chi connectivity index (χ1v) is 7.26. The zero-order valence-corrected chi connectivity index (χ0v) is 12.4. The molecule has 106 valence electrons. The van der Waals surface area contributed by atoms with Crippen molar-refractivity contribution in [2.24, 2.45) is 5.92 Å². The maximum absolute atomic E-state index is 13.9. The fourth-order valence-electron chi connectivity index (χ4n) is 2.62. The van der Waals surface area contributed by atoms with E-state index in [4.69, 9.17) is 0 Å². The van der Waals surface area contributed by atoms with E-state index in [-0.39, 0.29) is 22.4 Å². The van der Waals surface area contributed by atoms with Crippen LogP contribution in [0.3, 0.4) is 0 Å². The molecule has 5 heteroatoms. The largest absolute Gasteiger partial charge is 0.389 e. The molecule has 2 unspecified atom stereocenters. The van der Waals surface area contributed by atoms with Crippen molar-refractivity contribution in [3.8, 4) is 0 Å². The van der Waals surface area contributed by atoms with Crippen LogP contribution in [0.4, 0.5) is 8.78 Å². The highest BCUT2D eigenvalue weighted by Crippen LogP contribution is 2.31. The van der Waals surface area contributed by atoms with E-state index in [0.29, 0.717) is 6.54 Å². The van der Waals surface area contributed by atoms with Gasteiger partial charge in [-0.15, -0.1) is 0 Å². The molecule has 1 fully saturated rings. The topological polar surface area (TPSA) is 32.3 Å². The third-order valence-electron chi connectivity index (χ3n) is 3.85. The summed E-state index contributed by atoms with van der Waals surface area (Å²) < 4.78 is 27.9. The van der Waals surface area contributed by atoms with Gasteiger partial charge in [0.1, 0.15) is 11.6 Å². The van der Waals surface area contributed by atoms with Gasteiger partial charge in [0.25, 0.3) is 0 Å². The van der Waals surface area contributed by atoms with Gasteiger partial charge < -0.3 is 10.4 Å². The van der Waals surface area contributed by atoms with Gasteiger partial charge in [0.15, 0.2) is 0 Å². The molecule has 1 aromatic rings. The van der Waals surface area contributed by atoms with Crippen LogP contribution in [0.25, 0.3) is 0 Å². The standard InChI is InChI=1S/C14H18BrF2NO/c1-14(19,9-3-2-6-18-8-9)7-10-12(16)5-4-11(15)13(10)17/h4-5,9,18-19H,2-3,6-8H2,1H3. The van der Waals surface area contributed by atoms with Gasteiger partial charge in [-0.05, 0) is 54.4 Å². The van der Waals surface area contributed by atoms with Gasteiger partial charge in [-0.3, -0.25) is 0 Å². The van der Waals surface area contributed by atoms with Crippen molar-refractivity contribution in [2.45, 2.75) is 31.8 Å². The fraction of sp³-hybridized carbons (Fsp3) is 0.571. The predicted molar refractivity (Wildman–Crippen MR) is 74.0 cm³/mol. The summed E-state index contributed by atoms with van der Waals surface area (Å²) in [6.45, 7) is 3.28. The Hall–Kier alpha value is -0.520. The van der Waals surface area contributed by atoms with Crippen molar-refractivity contribution >= 4 is 15.9 Å². The highest BCUT2D eigenvalue weighted by molar-refractivity contribution is 9.10. The number of halogens is 3. The SMILES string of the molecule is CC(O)(Cc1c(F)ccc(Br)c1F)C1CCCNC1. The molecule has 0 aromatic heterocycles. The van der Waals surface area contributed by atoms with Crippen LogP contribution < -0.4 is 5.32 Å². The van der Waals surface area contributed by atoms with E-state index < -0.39 is 17.2 Å². The highest BCUT2D eigenvalue weighted by atomic mass is 79.9. The van der Waals surface area contributed by atoms with Crippen LogP contribution in [0.2, 0.25) is 0 Å². The Morgan fingerprint density at radius 1 is 1.47 bits per heavy atom. The summed E-state index contributed by atoms with van der Waals surface area (Å²) in [5.41, 5.74) is -1.17. The van der Waals surface area contributed by atoms with Gasteiger partial charge in [0, 0.05) is 24.4 Å². The minimum absolute atomic E-state index is 0.0130. The van der Waals surface area contributed by atoms with E-state index in [1.54, 1.807) is 6.92 Å². The number of rotatable bonds is 3. The number of nitrogens with one attached hydrogen (secondary N) is 1. The van der Waals surface area contributed by atoms with Crippen molar-refractivity contribution < 1.29 is 13.9 Å². The molecule has 0 bridgehead atoms. The lowest BCUT2D eigenvalue weighted by molar-refractivity contribution is -0.0115. The van der Waals surface area contributed by atoms with E-state index in [9.17, 15) is 13.9 Å². The summed E-state index contributed by atoms with van der Waals surface area (Å²) in [6, 6.07) is 2.56. The molecule has 1 saturated heterocycles. The lowest BCUT2D eigenvalue weighted by Gasteiger charge is -2.36. The third-order valence-corrected chi connectivity index (χ3v) is 4.46. The Morgan fingerprint density at radius 2 is 2.21 bits per heavy atom. The molecule has 2 nitrogen and oxygen atoms in total. The maximum Gasteiger partial charge on any atom is 0.143 e. The van der Waals surface area contributed by atoms with E-state index >= 15 is 0 Å². The zero-order chi connectivity index (χ0) is 14.0. The molecule has 0 saturated carbocycles. The van der Waals surface area contributed by atoms with Gasteiger partial charge in [0.05, 0.1) is 10.1 Å². The number of hydrogen-bond donors (Lipinski definition) is 2. The van der Waals surface area contributed by atoms with E-state index in [2.05, 4.69) is 21.2 Å². The Labute approximate surface area is 120 Å². The van der Waals surface area contributed by atoms with Crippen LogP contribution in [0.5, 0.6) is 0 Å². The first-order valence-electron chi connectivity index (χ1n) is 6.47. The maximum atomic E-state index is 13.9. The predicted octanol–water partition coefficient (Wildman–Crippen LogP) is 3.02. The molecule has 2 N–H and O–H groups in total. The summed E-state index contributed by atoms with van der Waals surface area (Å²) in [5, 5.41) is 13.8. The van der Waals surface area contributed by atoms with Crippen LogP contribution in [0.1, 0.15) is 25.3 Å². The Kier molecular flexibility index (Phi) is 4.58. The molecule has 0 radical (unpaired) electrons. The molecule has 19 heavy (non-hydrogen) atoms. The van der Waals surface area contributed by atoms with Gasteiger partial charge in [-0.25, -0.2) is 8.78 Å². The summed E-state index contributed by atoms with van der Waals surface area (Å²) in [4.78, 5) is 0. The second kappa shape index (κ2) is 5.85. The Balaban J connectivity index is 2.22. The molecule has 1 aliphatic heterocycles. The van der Waals surface area contributed by atoms with Gasteiger partial charge in [-0.1, -0.05) is 0 Å². The molecule has 0 amide bonds. The first kappa shape index (κ1) is 14.9. The zero-order valence-electron chi connectivity index (χ0n) is 10.8. The Morgan fingerprint density at radius 3 is 2.84 bits per heavy atom. The van der Waals surface area contributed by atoms with Crippen molar-refractivity contribution in [3.63, 3.8) is 0 Å². The molecular weight excluding hydrogens is 316 g/mol. The monoisotopic (exact) mass is 333 g/mol. The summed E-state index contributed by atoms with van der Waals surface area (Å²) >= 11 is 3.05. The second-order valence-corrected chi connectivity index (χ2v) is 6.25. The van der Waals surface area contributed by atoms with Crippen molar-refractivity contribution in [2.75, 3.05) is 13.1 Å². The van der Waals surface area contributed by atoms with Crippen LogP contribution in [-0.2, 0) is 6.42 Å². The average molecular weight is 334 g/mol. The van der Waals surface area contributed by atoms with E-state index in [1.807, 2.05) is 0 Å². The lowest BCUT2D eigenvalue weighted by atomic mass is 9.79. The molecule has 0 aliphatic carbocycles. The number of piperidine rings is 1. The van der Waals surface area contributed by atoms with Gasteiger partial charge in [-0.2, -0.15) is 0 Å². The summed E-state index contributed by atoms with van der Waals surface area (Å²) in [6.07, 6.45) is 1.83. The second-order valence-electron chi connectivity index (χ2n) is 5.40. The first-order chi connectivity index (χ1) is 8.92. The average Bonchev–Trinajstić information content (AvgIpc) is 2.40. The molecule has 1 heterocycles. The molecule has 2 atom stereocenters. The fourth-order valence-corrected chi connectivity index (χ4v) is 2.99. The van der Waals surface area contributed by atoms with E-state index in [1.165, 1.54) is 12.1 Å². The van der Waals surface area contributed by atoms with Crippen molar-refractivity contribution in [1.29, 1.82) is 0 Å². The van der Waals surface area contributed by atoms with Crippen LogP contribution in [0.15, 0.2) is 16.6 Å². The van der Waals surface area contributed by atoms with Crippen LogP contribution in [-0.4, -0.2) is 23.8 Å². The number of hydrogen-bond acceptors (Lipinski definition) is 2. The van der Waals surface area contributed by atoms with Gasteiger partial charge in [0.2, 0.25) is 0 Å². The number of benzene rings is 1. The minimum atomic E-state index is -1.12. The number of aliphatic hydroxyl groups is 1. The summed E-state index contributed by atoms with van der Waals surface area (Å²) in [5.74, 6) is -1.21. The van der Waals surface area contributed by atoms with Crippen LogP contribution in [0, 0.1) is 17.6 Å². The molecule has 1 aliphatic rings. The van der Waals surface area contributed by atoms with Crippen LogP contribution >= 0.6 is 15.9 Å². The minimum Gasteiger partial charge on any atom is -0.389 e. The normalized spacial score (nSPS) is 23.1. The Bertz CT molecular complexity index is 459. The third kappa shape index (κ3) is 3.33. The smallest absolute Gasteiger partial charge is 0.143 e. The van der Waals surface area contributed by atoms with Crippen molar-refractivity contribution in [1.82, 2.24) is 5.32 Å².